The van der Waals surface area contributed by atoms with Gasteiger partial charge in [-0.15, -0.1) is 0 Å². The average molecular weight is 248 g/mol. The van der Waals surface area contributed by atoms with Crippen molar-refractivity contribution >= 4 is 6.29 Å². The first-order chi connectivity index (χ1) is 8.65. The summed E-state index contributed by atoms with van der Waals surface area (Å²) in [4.78, 5) is 10.2. The Morgan fingerprint density at radius 1 is 1.22 bits per heavy atom. The third-order valence-corrected chi connectivity index (χ3v) is 3.01. The summed E-state index contributed by atoms with van der Waals surface area (Å²) in [6.45, 7) is 7.19. The Bertz CT molecular complexity index is 369. The molecule has 0 unspecified atom stereocenters. The molecule has 0 aliphatic carbocycles. The van der Waals surface area contributed by atoms with Crippen LogP contribution in [0, 0.1) is 6.92 Å². The fourth-order valence-electron chi connectivity index (χ4n) is 1.93. The number of hydrogen-bond acceptors (Lipinski definition) is 2. The first-order valence-corrected chi connectivity index (χ1v) is 6.82. The minimum Gasteiger partial charge on any atom is -0.493 e. The van der Waals surface area contributed by atoms with E-state index in [0.29, 0.717) is 12.3 Å². The number of hydrogen-bond donors (Lipinski definition) is 0. The van der Waals surface area contributed by atoms with E-state index >= 15 is 0 Å². The lowest BCUT2D eigenvalue weighted by Gasteiger charge is -2.14. The Morgan fingerprint density at radius 3 is 2.67 bits per heavy atom. The molecule has 0 spiro atoms. The van der Waals surface area contributed by atoms with Gasteiger partial charge in [-0.25, -0.2) is 0 Å². The van der Waals surface area contributed by atoms with Gasteiger partial charge in [0.2, 0.25) is 0 Å². The fraction of sp³-hybridized carbons (Fsp3) is 0.562. The van der Waals surface area contributed by atoms with Gasteiger partial charge >= 0.3 is 0 Å². The lowest BCUT2D eigenvalue weighted by molar-refractivity contribution is -0.107. The molecule has 0 atom stereocenters. The summed E-state index contributed by atoms with van der Waals surface area (Å²) in [7, 11) is 0. The van der Waals surface area contributed by atoms with E-state index in [4.69, 9.17) is 4.74 Å². The molecule has 0 aliphatic rings. The van der Waals surface area contributed by atoms with E-state index in [2.05, 4.69) is 39.0 Å². The van der Waals surface area contributed by atoms with Crippen LogP contribution in [0.4, 0.5) is 0 Å². The molecule has 1 aromatic carbocycles. The average Bonchev–Trinajstić information content (AvgIpc) is 2.33. The summed E-state index contributed by atoms with van der Waals surface area (Å²) < 4.78 is 5.87. The summed E-state index contributed by atoms with van der Waals surface area (Å²) >= 11 is 0. The van der Waals surface area contributed by atoms with Gasteiger partial charge in [0.15, 0.2) is 0 Å². The Balaban J connectivity index is 2.45. The third kappa shape index (κ3) is 4.91. The predicted molar refractivity (Wildman–Crippen MR) is 75.3 cm³/mol. The summed E-state index contributed by atoms with van der Waals surface area (Å²) in [6.07, 6.45) is 4.69. The standard InChI is InChI=1S/C16H24O2/c1-13(2)15-9-8-14(3)12-16(15)18-11-7-5-4-6-10-17/h8-10,12-13H,4-7,11H2,1-3H3. The second-order valence-electron chi connectivity index (χ2n) is 5.06. The lowest BCUT2D eigenvalue weighted by atomic mass is 10.0. The molecule has 0 fully saturated rings. The van der Waals surface area contributed by atoms with Crippen LogP contribution in [0.25, 0.3) is 0 Å². The molecule has 18 heavy (non-hydrogen) atoms. The minimum absolute atomic E-state index is 0.482. The van der Waals surface area contributed by atoms with E-state index in [-0.39, 0.29) is 0 Å². The van der Waals surface area contributed by atoms with E-state index in [9.17, 15) is 4.79 Å². The van der Waals surface area contributed by atoms with Crippen LogP contribution in [0.15, 0.2) is 18.2 Å². The Morgan fingerprint density at radius 2 is 2.00 bits per heavy atom. The quantitative estimate of drug-likeness (QED) is 0.507. The number of carbonyl (C=O) groups excluding carboxylic acids is 1. The van der Waals surface area contributed by atoms with Crippen molar-refractivity contribution in [2.45, 2.75) is 52.4 Å². The van der Waals surface area contributed by atoms with Crippen molar-refractivity contribution in [2.24, 2.45) is 0 Å². The molecule has 0 saturated carbocycles. The van der Waals surface area contributed by atoms with Crippen LogP contribution < -0.4 is 4.74 Å². The van der Waals surface area contributed by atoms with E-state index in [1.54, 1.807) is 0 Å². The molecule has 0 saturated heterocycles. The molecular formula is C16H24O2. The van der Waals surface area contributed by atoms with Crippen LogP contribution >= 0.6 is 0 Å². The maximum atomic E-state index is 10.2. The van der Waals surface area contributed by atoms with Crippen LogP contribution in [0.3, 0.4) is 0 Å². The first kappa shape index (κ1) is 14.7. The van der Waals surface area contributed by atoms with Gasteiger partial charge in [-0.3, -0.25) is 0 Å². The van der Waals surface area contributed by atoms with E-state index < -0.39 is 0 Å². The predicted octanol–water partition coefficient (Wildman–Crippen LogP) is 4.26. The van der Waals surface area contributed by atoms with E-state index in [1.165, 1.54) is 11.1 Å². The Labute approximate surface area is 110 Å². The molecule has 0 radical (unpaired) electrons. The van der Waals surface area contributed by atoms with Crippen LogP contribution in [0.5, 0.6) is 5.75 Å². The number of carbonyl (C=O) groups is 1. The van der Waals surface area contributed by atoms with Crippen molar-refractivity contribution in [3.05, 3.63) is 29.3 Å². The zero-order valence-electron chi connectivity index (χ0n) is 11.7. The maximum absolute atomic E-state index is 10.2. The molecule has 0 bridgehead atoms. The minimum atomic E-state index is 0.482. The van der Waals surface area contributed by atoms with Crippen molar-refractivity contribution in [3.63, 3.8) is 0 Å². The van der Waals surface area contributed by atoms with Crippen LogP contribution in [0.1, 0.15) is 56.6 Å². The second kappa shape index (κ2) is 7.91. The molecule has 1 rings (SSSR count). The summed E-state index contributed by atoms with van der Waals surface area (Å²) in [6, 6.07) is 6.40. The lowest BCUT2D eigenvalue weighted by Crippen LogP contribution is -2.02. The normalized spacial score (nSPS) is 10.7. The molecule has 0 aromatic heterocycles. The topological polar surface area (TPSA) is 26.3 Å². The number of aryl methyl sites for hydroxylation is 1. The highest BCUT2D eigenvalue weighted by Crippen LogP contribution is 2.27. The van der Waals surface area contributed by atoms with Gasteiger partial charge in [-0.2, -0.15) is 0 Å². The smallest absolute Gasteiger partial charge is 0.122 e. The highest BCUT2D eigenvalue weighted by molar-refractivity contribution is 5.48. The highest BCUT2D eigenvalue weighted by atomic mass is 16.5. The SMILES string of the molecule is Cc1ccc(C(C)C)c(OCCCCCC=O)c1. The van der Waals surface area contributed by atoms with Crippen molar-refractivity contribution in [1.29, 1.82) is 0 Å². The highest BCUT2D eigenvalue weighted by Gasteiger charge is 2.07. The van der Waals surface area contributed by atoms with Crippen molar-refractivity contribution in [1.82, 2.24) is 0 Å². The molecular weight excluding hydrogens is 224 g/mol. The molecule has 2 heteroatoms. The Hall–Kier alpha value is -1.31. The maximum Gasteiger partial charge on any atom is 0.122 e. The zero-order chi connectivity index (χ0) is 13.4. The molecule has 0 N–H and O–H groups in total. The molecule has 0 aliphatic heterocycles. The van der Waals surface area contributed by atoms with E-state index in [1.807, 2.05) is 0 Å². The molecule has 0 heterocycles. The zero-order valence-corrected chi connectivity index (χ0v) is 11.7. The second-order valence-corrected chi connectivity index (χ2v) is 5.06. The van der Waals surface area contributed by atoms with Gasteiger partial charge in [0.05, 0.1) is 6.61 Å². The van der Waals surface area contributed by atoms with Crippen LogP contribution in [0.2, 0.25) is 0 Å². The number of rotatable bonds is 8. The van der Waals surface area contributed by atoms with Gasteiger partial charge in [0.25, 0.3) is 0 Å². The first-order valence-electron chi connectivity index (χ1n) is 6.82. The van der Waals surface area contributed by atoms with E-state index in [0.717, 1.165) is 37.9 Å². The summed E-state index contributed by atoms with van der Waals surface area (Å²) in [5, 5.41) is 0. The Kier molecular flexibility index (Phi) is 6.48. The third-order valence-electron chi connectivity index (χ3n) is 3.01. The number of benzene rings is 1. The molecule has 1 aromatic rings. The van der Waals surface area contributed by atoms with Gasteiger partial charge in [-0.05, 0) is 49.3 Å². The largest absolute Gasteiger partial charge is 0.493 e. The van der Waals surface area contributed by atoms with Crippen molar-refractivity contribution < 1.29 is 9.53 Å². The van der Waals surface area contributed by atoms with Gasteiger partial charge in [-0.1, -0.05) is 26.0 Å². The van der Waals surface area contributed by atoms with Crippen molar-refractivity contribution in [3.8, 4) is 5.75 Å². The van der Waals surface area contributed by atoms with Crippen LogP contribution in [-0.4, -0.2) is 12.9 Å². The number of unbranched alkanes of at least 4 members (excludes halogenated alkanes) is 3. The molecule has 2 nitrogen and oxygen atoms in total. The number of aldehydes is 1. The summed E-state index contributed by atoms with van der Waals surface area (Å²) in [5.74, 6) is 1.50. The monoisotopic (exact) mass is 248 g/mol. The summed E-state index contributed by atoms with van der Waals surface area (Å²) in [5.41, 5.74) is 2.50. The molecule has 0 amide bonds. The van der Waals surface area contributed by atoms with Gasteiger partial charge < -0.3 is 9.53 Å². The molecule has 100 valence electrons. The van der Waals surface area contributed by atoms with Crippen molar-refractivity contribution in [2.75, 3.05) is 6.61 Å². The number of ether oxygens (including phenoxy) is 1. The van der Waals surface area contributed by atoms with Crippen LogP contribution in [-0.2, 0) is 4.79 Å². The fourth-order valence-corrected chi connectivity index (χ4v) is 1.93. The van der Waals surface area contributed by atoms with Gasteiger partial charge in [0, 0.05) is 6.42 Å². The van der Waals surface area contributed by atoms with Gasteiger partial charge in [0.1, 0.15) is 12.0 Å².